The first-order valence-electron chi connectivity index (χ1n) is 4.52. The Bertz CT molecular complexity index is 259. The van der Waals surface area contributed by atoms with Crippen molar-refractivity contribution in [2.24, 2.45) is 11.5 Å². The van der Waals surface area contributed by atoms with Crippen molar-refractivity contribution in [1.29, 1.82) is 0 Å². The van der Waals surface area contributed by atoms with Crippen LogP contribution in [0.3, 0.4) is 0 Å². The summed E-state index contributed by atoms with van der Waals surface area (Å²) in [6, 6.07) is 6.16. The van der Waals surface area contributed by atoms with E-state index in [2.05, 4.69) is 0 Å². The van der Waals surface area contributed by atoms with Crippen molar-refractivity contribution in [3.63, 3.8) is 0 Å². The van der Waals surface area contributed by atoms with Crippen LogP contribution in [0.2, 0.25) is 0 Å². The van der Waals surface area contributed by atoms with E-state index in [0.29, 0.717) is 19.7 Å². The van der Waals surface area contributed by atoms with Crippen LogP contribution in [0.25, 0.3) is 0 Å². The molecule has 0 fully saturated rings. The van der Waals surface area contributed by atoms with Gasteiger partial charge in [-0.05, 0) is 17.7 Å². The molecule has 0 unspecified atom stereocenters. The molecule has 0 aliphatic heterocycles. The van der Waals surface area contributed by atoms with Gasteiger partial charge in [0.1, 0.15) is 5.82 Å². The molecular formula is C10H15FN2O. The Balaban J connectivity index is 2.41. The highest BCUT2D eigenvalue weighted by atomic mass is 19.1. The van der Waals surface area contributed by atoms with Crippen LogP contribution < -0.4 is 11.5 Å². The van der Waals surface area contributed by atoms with Crippen molar-refractivity contribution in [2.75, 3.05) is 13.1 Å². The Labute approximate surface area is 82.9 Å². The van der Waals surface area contributed by atoms with Crippen LogP contribution >= 0.6 is 0 Å². The lowest BCUT2D eigenvalue weighted by Gasteiger charge is -2.13. The molecule has 1 aromatic rings. The monoisotopic (exact) mass is 198 g/mol. The van der Waals surface area contributed by atoms with Gasteiger partial charge in [0.2, 0.25) is 0 Å². The molecule has 0 amide bonds. The summed E-state index contributed by atoms with van der Waals surface area (Å²) in [4.78, 5) is 0. The first kappa shape index (κ1) is 11.1. The van der Waals surface area contributed by atoms with E-state index in [4.69, 9.17) is 16.2 Å². The summed E-state index contributed by atoms with van der Waals surface area (Å²) in [5.41, 5.74) is 11.7. The van der Waals surface area contributed by atoms with Gasteiger partial charge < -0.3 is 16.2 Å². The molecule has 14 heavy (non-hydrogen) atoms. The third-order valence-electron chi connectivity index (χ3n) is 1.92. The molecule has 0 atom stereocenters. The topological polar surface area (TPSA) is 61.3 Å². The van der Waals surface area contributed by atoms with Gasteiger partial charge in [0, 0.05) is 13.1 Å². The summed E-state index contributed by atoms with van der Waals surface area (Å²) in [5.74, 6) is -0.247. The Morgan fingerprint density at radius 1 is 1.14 bits per heavy atom. The van der Waals surface area contributed by atoms with E-state index >= 15 is 0 Å². The number of hydrogen-bond acceptors (Lipinski definition) is 3. The maximum Gasteiger partial charge on any atom is 0.123 e. The zero-order chi connectivity index (χ0) is 10.4. The standard InChI is InChI=1S/C10H15FN2O/c11-9-3-1-8(2-4-9)7-14-10(5-12)6-13/h1-4,10H,5-7,12-13H2. The number of benzene rings is 1. The maximum atomic E-state index is 12.5. The van der Waals surface area contributed by atoms with Crippen molar-refractivity contribution in [2.45, 2.75) is 12.7 Å². The summed E-state index contributed by atoms with van der Waals surface area (Å²) in [7, 11) is 0. The highest BCUT2D eigenvalue weighted by Crippen LogP contribution is 2.05. The molecule has 0 aliphatic rings. The Morgan fingerprint density at radius 3 is 2.21 bits per heavy atom. The van der Waals surface area contributed by atoms with E-state index in [9.17, 15) is 4.39 Å². The molecule has 78 valence electrons. The molecular weight excluding hydrogens is 183 g/mol. The number of rotatable bonds is 5. The van der Waals surface area contributed by atoms with E-state index in [1.807, 2.05) is 0 Å². The van der Waals surface area contributed by atoms with Gasteiger partial charge in [0.05, 0.1) is 12.7 Å². The average Bonchev–Trinajstić information content (AvgIpc) is 2.22. The molecule has 0 aliphatic carbocycles. The van der Waals surface area contributed by atoms with E-state index in [1.165, 1.54) is 12.1 Å². The quantitative estimate of drug-likeness (QED) is 0.729. The summed E-state index contributed by atoms with van der Waals surface area (Å²) >= 11 is 0. The second-order valence-corrected chi connectivity index (χ2v) is 3.03. The van der Waals surface area contributed by atoms with Gasteiger partial charge >= 0.3 is 0 Å². The van der Waals surface area contributed by atoms with Crippen molar-refractivity contribution in [3.8, 4) is 0 Å². The molecule has 3 nitrogen and oxygen atoms in total. The van der Waals surface area contributed by atoms with Crippen LogP contribution in [0.15, 0.2) is 24.3 Å². The van der Waals surface area contributed by atoms with Gasteiger partial charge in [-0.2, -0.15) is 0 Å². The smallest absolute Gasteiger partial charge is 0.123 e. The summed E-state index contributed by atoms with van der Waals surface area (Å²) < 4.78 is 17.9. The third-order valence-corrected chi connectivity index (χ3v) is 1.92. The number of hydrogen-bond donors (Lipinski definition) is 2. The molecule has 0 radical (unpaired) electrons. The van der Waals surface area contributed by atoms with Crippen LogP contribution in [-0.2, 0) is 11.3 Å². The zero-order valence-corrected chi connectivity index (χ0v) is 7.95. The first-order chi connectivity index (χ1) is 6.76. The van der Waals surface area contributed by atoms with Gasteiger partial charge in [0.15, 0.2) is 0 Å². The highest BCUT2D eigenvalue weighted by molar-refractivity contribution is 5.14. The second-order valence-electron chi connectivity index (χ2n) is 3.03. The van der Waals surface area contributed by atoms with Crippen molar-refractivity contribution in [3.05, 3.63) is 35.6 Å². The van der Waals surface area contributed by atoms with Crippen LogP contribution in [0.1, 0.15) is 5.56 Å². The van der Waals surface area contributed by atoms with Crippen molar-refractivity contribution < 1.29 is 9.13 Å². The second kappa shape index (κ2) is 5.70. The molecule has 1 rings (SSSR count). The van der Waals surface area contributed by atoms with E-state index in [0.717, 1.165) is 5.56 Å². The summed E-state index contributed by atoms with van der Waals surface area (Å²) in [6.45, 7) is 1.22. The molecule has 0 saturated heterocycles. The molecule has 1 aromatic carbocycles. The molecule has 0 bridgehead atoms. The minimum Gasteiger partial charge on any atom is -0.371 e. The predicted molar refractivity (Wildman–Crippen MR) is 53.1 cm³/mol. The number of halogens is 1. The predicted octanol–water partition coefficient (Wildman–Crippen LogP) is 0.628. The highest BCUT2D eigenvalue weighted by Gasteiger charge is 2.03. The molecule has 0 spiro atoms. The number of ether oxygens (including phenoxy) is 1. The molecule has 4 heteroatoms. The first-order valence-corrected chi connectivity index (χ1v) is 4.52. The Hall–Kier alpha value is -0.970. The number of nitrogens with two attached hydrogens (primary N) is 2. The van der Waals surface area contributed by atoms with E-state index in [-0.39, 0.29) is 11.9 Å². The normalized spacial score (nSPS) is 10.9. The third kappa shape index (κ3) is 3.41. The molecule has 0 saturated carbocycles. The van der Waals surface area contributed by atoms with Gasteiger partial charge in [-0.25, -0.2) is 4.39 Å². The lowest BCUT2D eigenvalue weighted by atomic mass is 10.2. The molecule has 4 N–H and O–H groups in total. The fraction of sp³-hybridized carbons (Fsp3) is 0.400. The fourth-order valence-electron chi connectivity index (χ4n) is 1.03. The Kier molecular flexibility index (Phi) is 4.52. The van der Waals surface area contributed by atoms with Gasteiger partial charge in [-0.3, -0.25) is 0 Å². The molecule has 0 aromatic heterocycles. The van der Waals surface area contributed by atoms with Crippen molar-refractivity contribution in [1.82, 2.24) is 0 Å². The largest absolute Gasteiger partial charge is 0.371 e. The van der Waals surface area contributed by atoms with Gasteiger partial charge in [0.25, 0.3) is 0 Å². The lowest BCUT2D eigenvalue weighted by molar-refractivity contribution is 0.0522. The van der Waals surface area contributed by atoms with E-state index < -0.39 is 0 Å². The minimum absolute atomic E-state index is 0.125. The fourth-order valence-corrected chi connectivity index (χ4v) is 1.03. The van der Waals surface area contributed by atoms with Gasteiger partial charge in [-0.15, -0.1) is 0 Å². The van der Waals surface area contributed by atoms with Crippen LogP contribution in [0.5, 0.6) is 0 Å². The summed E-state index contributed by atoms with van der Waals surface area (Å²) in [5, 5.41) is 0. The van der Waals surface area contributed by atoms with Crippen LogP contribution in [-0.4, -0.2) is 19.2 Å². The average molecular weight is 198 g/mol. The SMILES string of the molecule is NCC(CN)OCc1ccc(F)cc1. The Morgan fingerprint density at radius 2 is 1.71 bits per heavy atom. The van der Waals surface area contributed by atoms with Gasteiger partial charge in [-0.1, -0.05) is 12.1 Å². The van der Waals surface area contributed by atoms with E-state index in [1.54, 1.807) is 12.1 Å². The van der Waals surface area contributed by atoms with Crippen LogP contribution in [0, 0.1) is 5.82 Å². The summed E-state index contributed by atoms with van der Waals surface area (Å²) in [6.07, 6.45) is -0.125. The maximum absolute atomic E-state index is 12.5. The minimum atomic E-state index is -0.247. The van der Waals surface area contributed by atoms with Crippen LogP contribution in [0.4, 0.5) is 4.39 Å². The van der Waals surface area contributed by atoms with Crippen molar-refractivity contribution >= 4 is 0 Å². The lowest BCUT2D eigenvalue weighted by Crippen LogP contribution is -2.31. The molecule has 0 heterocycles. The zero-order valence-electron chi connectivity index (χ0n) is 7.95.